The second-order valence-electron chi connectivity index (χ2n) is 5.55. The van der Waals surface area contributed by atoms with E-state index in [-0.39, 0.29) is 0 Å². The van der Waals surface area contributed by atoms with Crippen LogP contribution in [-0.2, 0) is 13.0 Å². The minimum atomic E-state index is 0.437. The van der Waals surface area contributed by atoms with Crippen molar-refractivity contribution >= 4 is 11.3 Å². The Balaban J connectivity index is 1.64. The Morgan fingerprint density at radius 3 is 3.21 bits per heavy atom. The number of thiophene rings is 1. The van der Waals surface area contributed by atoms with Gasteiger partial charge in [-0.05, 0) is 50.1 Å². The van der Waals surface area contributed by atoms with Gasteiger partial charge in [-0.25, -0.2) is 0 Å². The van der Waals surface area contributed by atoms with E-state index in [1.165, 1.54) is 30.4 Å². The lowest BCUT2D eigenvalue weighted by Crippen LogP contribution is -2.23. The van der Waals surface area contributed by atoms with Gasteiger partial charge in [0.1, 0.15) is 0 Å². The van der Waals surface area contributed by atoms with Crippen LogP contribution >= 0.6 is 11.3 Å². The Hall–Kier alpha value is -1.13. The minimum absolute atomic E-state index is 0.437. The molecule has 19 heavy (non-hydrogen) atoms. The van der Waals surface area contributed by atoms with Crippen LogP contribution in [0.15, 0.2) is 23.8 Å². The molecule has 1 aliphatic carbocycles. The quantitative estimate of drug-likeness (QED) is 0.922. The summed E-state index contributed by atoms with van der Waals surface area (Å²) in [5.41, 5.74) is 2.79. The van der Waals surface area contributed by atoms with Crippen LogP contribution in [0.25, 0.3) is 0 Å². The third kappa shape index (κ3) is 2.74. The normalized spacial score (nSPS) is 18.8. The van der Waals surface area contributed by atoms with E-state index in [1.807, 2.05) is 22.2 Å². The zero-order valence-electron chi connectivity index (χ0n) is 11.6. The number of rotatable bonds is 4. The van der Waals surface area contributed by atoms with Crippen molar-refractivity contribution in [2.24, 2.45) is 0 Å². The van der Waals surface area contributed by atoms with Gasteiger partial charge in [-0.1, -0.05) is 0 Å². The van der Waals surface area contributed by atoms with Crippen molar-refractivity contribution in [3.05, 3.63) is 39.8 Å². The molecule has 1 unspecified atom stereocenters. The van der Waals surface area contributed by atoms with Crippen molar-refractivity contribution in [2.75, 3.05) is 0 Å². The van der Waals surface area contributed by atoms with Crippen molar-refractivity contribution < 1.29 is 0 Å². The van der Waals surface area contributed by atoms with Crippen LogP contribution in [-0.4, -0.2) is 9.78 Å². The summed E-state index contributed by atoms with van der Waals surface area (Å²) >= 11 is 1.90. The Morgan fingerprint density at radius 2 is 2.42 bits per heavy atom. The number of nitrogens with one attached hydrogen (secondary N) is 1. The lowest BCUT2D eigenvalue weighted by Gasteiger charge is -2.23. The molecule has 4 heteroatoms. The summed E-state index contributed by atoms with van der Waals surface area (Å²) in [5, 5.41) is 10.3. The summed E-state index contributed by atoms with van der Waals surface area (Å²) in [6.45, 7) is 5.22. The average molecular weight is 275 g/mol. The van der Waals surface area contributed by atoms with Crippen LogP contribution in [0.4, 0.5) is 0 Å². The summed E-state index contributed by atoms with van der Waals surface area (Å²) in [6.07, 6.45) is 7.94. The van der Waals surface area contributed by atoms with Crippen LogP contribution in [0.5, 0.6) is 0 Å². The molecule has 0 radical (unpaired) electrons. The van der Waals surface area contributed by atoms with E-state index < -0.39 is 0 Å². The van der Waals surface area contributed by atoms with Crippen LogP contribution in [0.1, 0.15) is 54.8 Å². The second kappa shape index (κ2) is 5.47. The number of aryl methyl sites for hydroxylation is 1. The first-order valence-corrected chi connectivity index (χ1v) is 7.94. The summed E-state index contributed by atoms with van der Waals surface area (Å²) in [5.74, 6) is 0. The lowest BCUT2D eigenvalue weighted by molar-refractivity contribution is 0.462. The number of aromatic nitrogens is 2. The van der Waals surface area contributed by atoms with Crippen molar-refractivity contribution in [1.82, 2.24) is 15.1 Å². The van der Waals surface area contributed by atoms with Gasteiger partial charge >= 0.3 is 0 Å². The van der Waals surface area contributed by atoms with E-state index in [2.05, 4.69) is 41.9 Å². The highest BCUT2D eigenvalue weighted by Gasteiger charge is 2.20. The Labute approximate surface area is 118 Å². The van der Waals surface area contributed by atoms with Crippen molar-refractivity contribution in [2.45, 2.75) is 51.7 Å². The average Bonchev–Trinajstić information content (AvgIpc) is 3.05. The number of hydrogen-bond acceptors (Lipinski definition) is 3. The summed E-state index contributed by atoms with van der Waals surface area (Å²) in [4.78, 5) is 1.57. The molecule has 102 valence electrons. The molecule has 3 rings (SSSR count). The van der Waals surface area contributed by atoms with Gasteiger partial charge in [0.25, 0.3) is 0 Å². The molecule has 2 aromatic heterocycles. The fraction of sp³-hybridized carbons (Fsp3) is 0.533. The molecular weight excluding hydrogens is 254 g/mol. The summed E-state index contributed by atoms with van der Waals surface area (Å²) in [6, 6.07) is 3.25. The smallest absolute Gasteiger partial charge is 0.0534 e. The monoisotopic (exact) mass is 275 g/mol. The Bertz CT molecular complexity index is 541. The molecule has 0 amide bonds. The highest BCUT2D eigenvalue weighted by Crippen LogP contribution is 2.33. The van der Waals surface area contributed by atoms with Gasteiger partial charge in [-0.3, -0.25) is 4.68 Å². The van der Waals surface area contributed by atoms with Crippen LogP contribution in [0.2, 0.25) is 0 Å². The van der Waals surface area contributed by atoms with E-state index in [1.54, 1.807) is 4.88 Å². The number of hydrogen-bond donors (Lipinski definition) is 1. The molecule has 0 bridgehead atoms. The highest BCUT2D eigenvalue weighted by atomic mass is 32.1. The molecule has 2 aromatic rings. The van der Waals surface area contributed by atoms with E-state index in [0.717, 1.165) is 6.54 Å². The molecular formula is C15H21N3S. The second-order valence-corrected chi connectivity index (χ2v) is 6.55. The first-order chi connectivity index (χ1) is 9.24. The third-order valence-electron chi connectivity index (χ3n) is 3.79. The van der Waals surface area contributed by atoms with E-state index in [0.29, 0.717) is 12.1 Å². The van der Waals surface area contributed by atoms with Gasteiger partial charge in [-0.15, -0.1) is 11.3 Å². The molecule has 0 aliphatic heterocycles. The first-order valence-electron chi connectivity index (χ1n) is 7.06. The molecule has 0 fully saturated rings. The third-order valence-corrected chi connectivity index (χ3v) is 4.79. The molecule has 0 aromatic carbocycles. The maximum absolute atomic E-state index is 4.39. The van der Waals surface area contributed by atoms with Crippen molar-refractivity contribution in [3.63, 3.8) is 0 Å². The van der Waals surface area contributed by atoms with Gasteiger partial charge in [-0.2, -0.15) is 5.10 Å². The van der Waals surface area contributed by atoms with Gasteiger partial charge in [0.05, 0.1) is 6.20 Å². The van der Waals surface area contributed by atoms with E-state index in [9.17, 15) is 0 Å². The zero-order chi connectivity index (χ0) is 13.2. The largest absolute Gasteiger partial charge is 0.306 e. The summed E-state index contributed by atoms with van der Waals surface area (Å²) in [7, 11) is 0. The first kappa shape index (κ1) is 12.9. The highest BCUT2D eigenvalue weighted by molar-refractivity contribution is 7.10. The molecule has 2 heterocycles. The number of fused-ring (bicyclic) bond motifs is 1. The maximum atomic E-state index is 4.39. The van der Waals surface area contributed by atoms with E-state index >= 15 is 0 Å². The zero-order valence-corrected chi connectivity index (χ0v) is 12.4. The molecule has 3 nitrogen and oxygen atoms in total. The Kier molecular flexibility index (Phi) is 3.71. The molecule has 0 spiro atoms. The molecule has 0 saturated heterocycles. The summed E-state index contributed by atoms with van der Waals surface area (Å²) < 4.78 is 2.02. The SMILES string of the molecule is CC(C)n1cc(CNC2CCCc3sccc32)cn1. The topological polar surface area (TPSA) is 29.9 Å². The molecule has 1 aliphatic rings. The molecule has 0 saturated carbocycles. The predicted molar refractivity (Wildman–Crippen MR) is 79.4 cm³/mol. The maximum Gasteiger partial charge on any atom is 0.0534 e. The van der Waals surface area contributed by atoms with Crippen molar-refractivity contribution in [3.8, 4) is 0 Å². The van der Waals surface area contributed by atoms with Gasteiger partial charge in [0, 0.05) is 35.3 Å². The van der Waals surface area contributed by atoms with Gasteiger partial charge in [0.15, 0.2) is 0 Å². The van der Waals surface area contributed by atoms with E-state index in [4.69, 9.17) is 0 Å². The predicted octanol–water partition coefficient (Wildman–Crippen LogP) is 3.69. The fourth-order valence-corrected chi connectivity index (χ4v) is 3.68. The standard InChI is InChI=1S/C15H21N3S/c1-11(2)18-10-12(9-17-18)8-16-14-4-3-5-15-13(14)6-7-19-15/h6-7,9-11,14,16H,3-5,8H2,1-2H3. The fourth-order valence-electron chi connectivity index (χ4n) is 2.69. The molecule has 1 N–H and O–H groups in total. The van der Waals surface area contributed by atoms with Crippen LogP contribution < -0.4 is 5.32 Å². The van der Waals surface area contributed by atoms with Gasteiger partial charge in [0.2, 0.25) is 0 Å². The van der Waals surface area contributed by atoms with Gasteiger partial charge < -0.3 is 5.32 Å². The lowest BCUT2D eigenvalue weighted by atomic mass is 9.94. The van der Waals surface area contributed by atoms with Crippen LogP contribution in [0, 0.1) is 0 Å². The number of nitrogens with zero attached hydrogens (tertiary/aromatic N) is 2. The minimum Gasteiger partial charge on any atom is -0.306 e. The van der Waals surface area contributed by atoms with Crippen LogP contribution in [0.3, 0.4) is 0 Å². The van der Waals surface area contributed by atoms with Crippen molar-refractivity contribution in [1.29, 1.82) is 0 Å². The Morgan fingerprint density at radius 1 is 1.53 bits per heavy atom. The molecule has 1 atom stereocenters.